The zero-order valence-electron chi connectivity index (χ0n) is 12.5. The number of nitrogens with one attached hydrogen (secondary N) is 1. The number of hydrogen-bond donors (Lipinski definition) is 1. The summed E-state index contributed by atoms with van der Waals surface area (Å²) in [6, 6.07) is 1.35. The topological polar surface area (TPSA) is 18.5 Å². The van der Waals surface area contributed by atoms with Gasteiger partial charge in [0.2, 0.25) is 0 Å². The Morgan fingerprint density at radius 3 is 2.33 bits per heavy atom. The summed E-state index contributed by atoms with van der Waals surface area (Å²) in [6.45, 7) is 14.7. The first-order valence-corrected chi connectivity index (χ1v) is 7.84. The van der Waals surface area contributed by atoms with Gasteiger partial charge in [-0.2, -0.15) is 0 Å². The van der Waals surface area contributed by atoms with Crippen LogP contribution in [-0.2, 0) is 0 Å². The molecule has 0 bridgehead atoms. The van der Waals surface area contributed by atoms with E-state index in [2.05, 4.69) is 35.9 Å². The molecule has 2 saturated heterocycles. The molecule has 2 heterocycles. The molecular formula is C15H31N3. The third-order valence-corrected chi connectivity index (χ3v) is 4.18. The summed E-state index contributed by atoms with van der Waals surface area (Å²) in [7, 11) is 0. The highest BCUT2D eigenvalue weighted by atomic mass is 15.2. The third kappa shape index (κ3) is 4.52. The van der Waals surface area contributed by atoms with Crippen LogP contribution in [0.15, 0.2) is 0 Å². The van der Waals surface area contributed by atoms with Crippen LogP contribution in [0.2, 0.25) is 0 Å². The van der Waals surface area contributed by atoms with Gasteiger partial charge in [-0.3, -0.25) is 0 Å². The van der Waals surface area contributed by atoms with E-state index in [4.69, 9.17) is 0 Å². The van der Waals surface area contributed by atoms with Crippen LogP contribution in [-0.4, -0.2) is 61.2 Å². The van der Waals surface area contributed by atoms with Crippen LogP contribution < -0.4 is 5.32 Å². The largest absolute Gasteiger partial charge is 0.310 e. The lowest BCUT2D eigenvalue weighted by Crippen LogP contribution is -2.38. The van der Waals surface area contributed by atoms with E-state index in [0.717, 1.165) is 12.0 Å². The van der Waals surface area contributed by atoms with Crippen LogP contribution in [0.3, 0.4) is 0 Å². The zero-order valence-corrected chi connectivity index (χ0v) is 12.5. The van der Waals surface area contributed by atoms with E-state index in [0.29, 0.717) is 6.04 Å². The molecule has 2 atom stereocenters. The maximum Gasteiger partial charge on any atom is 0.0209 e. The van der Waals surface area contributed by atoms with Crippen molar-refractivity contribution in [2.75, 3.05) is 39.3 Å². The second kappa shape index (κ2) is 6.88. The predicted molar refractivity (Wildman–Crippen MR) is 78.0 cm³/mol. The van der Waals surface area contributed by atoms with Crippen molar-refractivity contribution in [3.05, 3.63) is 0 Å². The molecule has 0 saturated carbocycles. The summed E-state index contributed by atoms with van der Waals surface area (Å²) in [5, 5.41) is 3.67. The molecule has 2 rings (SSSR count). The first-order chi connectivity index (χ1) is 8.63. The van der Waals surface area contributed by atoms with Crippen molar-refractivity contribution in [2.45, 2.75) is 52.1 Å². The van der Waals surface area contributed by atoms with Crippen LogP contribution in [0.1, 0.15) is 40.0 Å². The van der Waals surface area contributed by atoms with E-state index in [-0.39, 0.29) is 0 Å². The molecule has 2 aliphatic heterocycles. The van der Waals surface area contributed by atoms with Crippen molar-refractivity contribution in [2.24, 2.45) is 5.92 Å². The van der Waals surface area contributed by atoms with Gasteiger partial charge >= 0.3 is 0 Å². The Labute approximate surface area is 113 Å². The van der Waals surface area contributed by atoms with Crippen molar-refractivity contribution in [3.8, 4) is 0 Å². The number of hydrogen-bond acceptors (Lipinski definition) is 3. The van der Waals surface area contributed by atoms with Gasteiger partial charge in [-0.1, -0.05) is 20.8 Å². The molecule has 2 unspecified atom stereocenters. The zero-order chi connectivity index (χ0) is 13.0. The SMILES string of the molecule is CC(CN1CCCC1)CN1CCC(NC(C)C)C1. The highest BCUT2D eigenvalue weighted by molar-refractivity contribution is 4.83. The maximum absolute atomic E-state index is 3.67. The van der Waals surface area contributed by atoms with Gasteiger partial charge in [0.25, 0.3) is 0 Å². The highest BCUT2D eigenvalue weighted by Gasteiger charge is 2.24. The van der Waals surface area contributed by atoms with E-state index in [1.807, 2.05) is 0 Å². The summed E-state index contributed by atoms with van der Waals surface area (Å²) in [6.07, 6.45) is 4.16. The van der Waals surface area contributed by atoms with Gasteiger partial charge in [-0.05, 0) is 44.8 Å². The van der Waals surface area contributed by atoms with Gasteiger partial charge < -0.3 is 15.1 Å². The fraction of sp³-hybridized carbons (Fsp3) is 1.00. The summed E-state index contributed by atoms with van der Waals surface area (Å²) in [4.78, 5) is 5.30. The van der Waals surface area contributed by atoms with Crippen molar-refractivity contribution < 1.29 is 0 Å². The molecule has 3 heteroatoms. The lowest BCUT2D eigenvalue weighted by Gasteiger charge is -2.25. The number of nitrogens with zero attached hydrogens (tertiary/aromatic N) is 2. The third-order valence-electron chi connectivity index (χ3n) is 4.18. The molecule has 106 valence electrons. The van der Waals surface area contributed by atoms with Crippen molar-refractivity contribution in [1.82, 2.24) is 15.1 Å². The molecule has 0 aromatic carbocycles. The highest BCUT2D eigenvalue weighted by Crippen LogP contribution is 2.15. The molecule has 1 N–H and O–H groups in total. The standard InChI is InChI=1S/C15H31N3/c1-13(2)16-15-6-9-18(12-15)11-14(3)10-17-7-4-5-8-17/h13-16H,4-12H2,1-3H3. The Hall–Kier alpha value is -0.120. The maximum atomic E-state index is 3.67. The normalized spacial score (nSPS) is 28.3. The van der Waals surface area contributed by atoms with Gasteiger partial charge in [0.15, 0.2) is 0 Å². The van der Waals surface area contributed by atoms with Crippen LogP contribution in [0.5, 0.6) is 0 Å². The monoisotopic (exact) mass is 253 g/mol. The lowest BCUT2D eigenvalue weighted by molar-refractivity contribution is 0.222. The van der Waals surface area contributed by atoms with Crippen LogP contribution in [0.25, 0.3) is 0 Å². The fourth-order valence-corrected chi connectivity index (χ4v) is 3.51. The van der Waals surface area contributed by atoms with E-state index in [1.165, 1.54) is 58.5 Å². The molecule has 0 spiro atoms. The summed E-state index contributed by atoms with van der Waals surface area (Å²) in [5.74, 6) is 0.820. The molecule has 0 aromatic heterocycles. The molecule has 0 aromatic rings. The number of rotatable bonds is 6. The molecule has 2 fully saturated rings. The van der Waals surface area contributed by atoms with Crippen molar-refractivity contribution in [3.63, 3.8) is 0 Å². The predicted octanol–water partition coefficient (Wildman–Crippen LogP) is 1.79. The van der Waals surface area contributed by atoms with Gasteiger partial charge in [-0.15, -0.1) is 0 Å². The number of likely N-dealkylation sites (tertiary alicyclic amines) is 2. The molecule has 0 amide bonds. The summed E-state index contributed by atoms with van der Waals surface area (Å²) >= 11 is 0. The molecule has 3 nitrogen and oxygen atoms in total. The van der Waals surface area contributed by atoms with E-state index < -0.39 is 0 Å². The van der Waals surface area contributed by atoms with E-state index in [1.54, 1.807) is 0 Å². The van der Waals surface area contributed by atoms with Crippen LogP contribution >= 0.6 is 0 Å². The first kappa shape index (κ1) is 14.3. The van der Waals surface area contributed by atoms with Crippen molar-refractivity contribution >= 4 is 0 Å². The fourth-order valence-electron chi connectivity index (χ4n) is 3.51. The minimum Gasteiger partial charge on any atom is -0.310 e. The van der Waals surface area contributed by atoms with Gasteiger partial charge in [0, 0.05) is 31.7 Å². The van der Waals surface area contributed by atoms with Crippen LogP contribution in [0.4, 0.5) is 0 Å². The molecule has 0 aliphatic carbocycles. The van der Waals surface area contributed by atoms with E-state index in [9.17, 15) is 0 Å². The van der Waals surface area contributed by atoms with Crippen LogP contribution in [0, 0.1) is 5.92 Å². The quantitative estimate of drug-likeness (QED) is 0.778. The second-order valence-electron chi connectivity index (χ2n) is 6.68. The molecule has 0 radical (unpaired) electrons. The average molecular weight is 253 g/mol. The smallest absolute Gasteiger partial charge is 0.0209 e. The Kier molecular flexibility index (Phi) is 5.46. The second-order valence-corrected chi connectivity index (χ2v) is 6.68. The summed E-state index contributed by atoms with van der Waals surface area (Å²) in [5.41, 5.74) is 0. The van der Waals surface area contributed by atoms with Gasteiger partial charge in [-0.25, -0.2) is 0 Å². The molecular weight excluding hydrogens is 222 g/mol. The Balaban J connectivity index is 1.64. The Bertz CT molecular complexity index is 236. The minimum absolute atomic E-state index is 0.622. The average Bonchev–Trinajstić information content (AvgIpc) is 2.89. The Morgan fingerprint density at radius 1 is 1.00 bits per heavy atom. The van der Waals surface area contributed by atoms with Gasteiger partial charge in [0.1, 0.15) is 0 Å². The van der Waals surface area contributed by atoms with E-state index >= 15 is 0 Å². The summed E-state index contributed by atoms with van der Waals surface area (Å²) < 4.78 is 0. The molecule has 18 heavy (non-hydrogen) atoms. The Morgan fingerprint density at radius 2 is 1.67 bits per heavy atom. The van der Waals surface area contributed by atoms with Crippen molar-refractivity contribution in [1.29, 1.82) is 0 Å². The molecule has 2 aliphatic rings. The first-order valence-electron chi connectivity index (χ1n) is 7.84. The minimum atomic E-state index is 0.622. The lowest BCUT2D eigenvalue weighted by atomic mass is 10.1. The van der Waals surface area contributed by atoms with Gasteiger partial charge in [0.05, 0.1) is 0 Å².